The molecular weight excluding hydrogens is 318 g/mol. The molecule has 0 bridgehead atoms. The van der Waals surface area contributed by atoms with Gasteiger partial charge in [0.05, 0.1) is 12.2 Å². The number of benzene rings is 1. The number of aromatic nitrogens is 2. The normalized spacial score (nSPS) is 11.2. The third-order valence-corrected chi connectivity index (χ3v) is 3.56. The lowest BCUT2D eigenvalue weighted by molar-refractivity contribution is 0.0526. The molecule has 0 aliphatic heterocycles. The summed E-state index contributed by atoms with van der Waals surface area (Å²) in [5, 5.41) is 10.7. The summed E-state index contributed by atoms with van der Waals surface area (Å²) >= 11 is 0. The first-order valence-electron chi connectivity index (χ1n) is 8.41. The van der Waals surface area contributed by atoms with E-state index in [-0.39, 0.29) is 5.97 Å². The first-order valence-corrected chi connectivity index (χ1v) is 8.41. The second-order valence-corrected chi connectivity index (χ2v) is 5.39. The summed E-state index contributed by atoms with van der Waals surface area (Å²) in [5.74, 6) is 0.451. The van der Waals surface area contributed by atoms with Gasteiger partial charge in [-0.25, -0.2) is 4.79 Å². The number of rotatable bonds is 8. The maximum atomic E-state index is 11.6. The van der Waals surface area contributed by atoms with Crippen molar-refractivity contribution in [2.24, 2.45) is 4.99 Å². The monoisotopic (exact) mass is 343 g/mol. The van der Waals surface area contributed by atoms with Crippen molar-refractivity contribution in [1.82, 2.24) is 20.4 Å². The highest BCUT2D eigenvalue weighted by atomic mass is 16.5. The minimum absolute atomic E-state index is 0.295. The maximum Gasteiger partial charge on any atom is 0.338 e. The minimum Gasteiger partial charge on any atom is -0.462 e. The highest BCUT2D eigenvalue weighted by Gasteiger charge is 2.05. The molecule has 2 aromatic rings. The van der Waals surface area contributed by atoms with Crippen LogP contribution in [-0.2, 0) is 17.8 Å². The minimum atomic E-state index is -0.295. The van der Waals surface area contributed by atoms with Crippen LogP contribution in [0, 0.1) is 0 Å². The molecule has 0 unspecified atom stereocenters. The number of carbonyl (C=O) groups is 1. The van der Waals surface area contributed by atoms with Crippen molar-refractivity contribution in [2.45, 2.75) is 26.4 Å². The molecule has 0 atom stereocenters. The number of ether oxygens (including phenoxy) is 1. The van der Waals surface area contributed by atoms with E-state index in [1.807, 2.05) is 29.1 Å². The fourth-order valence-electron chi connectivity index (χ4n) is 2.26. The van der Waals surface area contributed by atoms with E-state index in [9.17, 15) is 4.79 Å². The molecule has 0 aliphatic carbocycles. The first-order chi connectivity index (χ1) is 12.2. The van der Waals surface area contributed by atoms with Crippen molar-refractivity contribution in [1.29, 1.82) is 0 Å². The highest BCUT2D eigenvalue weighted by molar-refractivity contribution is 5.89. The van der Waals surface area contributed by atoms with Gasteiger partial charge < -0.3 is 15.4 Å². The van der Waals surface area contributed by atoms with E-state index < -0.39 is 0 Å². The third-order valence-electron chi connectivity index (χ3n) is 3.56. The highest BCUT2D eigenvalue weighted by Crippen LogP contribution is 2.06. The number of hydrogen-bond donors (Lipinski definition) is 2. The number of aliphatic imine (C=N–C) groups is 1. The van der Waals surface area contributed by atoms with Crippen LogP contribution in [0.15, 0.2) is 47.7 Å². The number of aryl methyl sites for hydroxylation is 1. The van der Waals surface area contributed by atoms with Gasteiger partial charge in [-0.15, -0.1) is 0 Å². The number of nitrogens with one attached hydrogen (secondary N) is 2. The van der Waals surface area contributed by atoms with Crippen LogP contribution in [0.5, 0.6) is 0 Å². The Morgan fingerprint density at radius 3 is 2.72 bits per heavy atom. The Balaban J connectivity index is 1.71. The van der Waals surface area contributed by atoms with Gasteiger partial charge in [0.15, 0.2) is 5.96 Å². The Labute approximate surface area is 148 Å². The molecular formula is C18H25N5O2. The zero-order valence-corrected chi connectivity index (χ0v) is 14.7. The van der Waals surface area contributed by atoms with E-state index in [1.165, 1.54) is 0 Å². The zero-order chi connectivity index (χ0) is 17.9. The molecule has 2 rings (SSSR count). The van der Waals surface area contributed by atoms with Crippen molar-refractivity contribution in [2.75, 3.05) is 20.2 Å². The van der Waals surface area contributed by atoms with E-state index in [2.05, 4.69) is 20.7 Å². The summed E-state index contributed by atoms with van der Waals surface area (Å²) in [4.78, 5) is 15.8. The Hall–Kier alpha value is -2.83. The predicted molar refractivity (Wildman–Crippen MR) is 97.4 cm³/mol. The van der Waals surface area contributed by atoms with Gasteiger partial charge in [-0.3, -0.25) is 9.67 Å². The third kappa shape index (κ3) is 6.29. The molecule has 25 heavy (non-hydrogen) atoms. The lowest BCUT2D eigenvalue weighted by Crippen LogP contribution is -2.37. The number of esters is 1. The molecule has 0 spiro atoms. The Morgan fingerprint density at radius 2 is 2.08 bits per heavy atom. The molecule has 134 valence electrons. The van der Waals surface area contributed by atoms with Crippen LogP contribution in [0.4, 0.5) is 0 Å². The van der Waals surface area contributed by atoms with Crippen LogP contribution in [0.3, 0.4) is 0 Å². The standard InChI is InChI=1S/C18H25N5O2/c1-3-25-17(24)16-8-6-15(7-9-16)14-21-18(19-2)20-10-4-12-23-13-5-11-22-23/h5-9,11,13H,3-4,10,12,14H2,1-2H3,(H2,19,20,21). The van der Waals surface area contributed by atoms with E-state index in [0.717, 1.165) is 31.0 Å². The Kier molecular flexibility index (Phi) is 7.49. The quantitative estimate of drug-likeness (QED) is 0.331. The Morgan fingerprint density at radius 1 is 1.28 bits per heavy atom. The summed E-state index contributed by atoms with van der Waals surface area (Å²) in [6.45, 7) is 4.48. The van der Waals surface area contributed by atoms with Crippen molar-refractivity contribution in [3.05, 3.63) is 53.9 Å². The molecule has 0 radical (unpaired) electrons. The van der Waals surface area contributed by atoms with E-state index in [4.69, 9.17) is 4.74 Å². The van der Waals surface area contributed by atoms with E-state index >= 15 is 0 Å². The van der Waals surface area contributed by atoms with Crippen LogP contribution in [-0.4, -0.2) is 41.9 Å². The largest absolute Gasteiger partial charge is 0.462 e. The van der Waals surface area contributed by atoms with Gasteiger partial charge in [-0.05, 0) is 37.1 Å². The SMILES string of the molecule is CCOC(=O)c1ccc(CNC(=NC)NCCCn2cccn2)cc1. The average molecular weight is 343 g/mol. The molecule has 0 saturated heterocycles. The molecule has 2 N–H and O–H groups in total. The topological polar surface area (TPSA) is 80.5 Å². The van der Waals surface area contributed by atoms with Gasteiger partial charge in [0, 0.05) is 39.1 Å². The van der Waals surface area contributed by atoms with Crippen LogP contribution >= 0.6 is 0 Å². The molecule has 0 aliphatic rings. The van der Waals surface area contributed by atoms with Gasteiger partial charge in [0.25, 0.3) is 0 Å². The molecule has 7 heteroatoms. The van der Waals surface area contributed by atoms with Gasteiger partial charge in [0.2, 0.25) is 0 Å². The summed E-state index contributed by atoms with van der Waals surface area (Å²) < 4.78 is 6.88. The van der Waals surface area contributed by atoms with Crippen LogP contribution in [0.1, 0.15) is 29.3 Å². The molecule has 7 nitrogen and oxygen atoms in total. The van der Waals surface area contributed by atoms with Gasteiger partial charge in [-0.1, -0.05) is 12.1 Å². The lowest BCUT2D eigenvalue weighted by Gasteiger charge is -2.12. The Bertz CT molecular complexity index is 665. The number of hydrogen-bond acceptors (Lipinski definition) is 4. The maximum absolute atomic E-state index is 11.6. The van der Waals surface area contributed by atoms with Crippen LogP contribution < -0.4 is 10.6 Å². The van der Waals surface area contributed by atoms with Crippen molar-refractivity contribution < 1.29 is 9.53 Å². The summed E-state index contributed by atoms with van der Waals surface area (Å²) in [6, 6.07) is 9.28. The van der Waals surface area contributed by atoms with Crippen molar-refractivity contribution in [3.63, 3.8) is 0 Å². The molecule has 0 amide bonds. The number of carbonyl (C=O) groups excluding carboxylic acids is 1. The second kappa shape index (κ2) is 10.1. The zero-order valence-electron chi connectivity index (χ0n) is 14.7. The average Bonchev–Trinajstić information content (AvgIpc) is 3.15. The van der Waals surface area contributed by atoms with E-state index in [1.54, 1.807) is 32.3 Å². The smallest absolute Gasteiger partial charge is 0.338 e. The molecule has 0 saturated carbocycles. The van der Waals surface area contributed by atoms with Crippen LogP contribution in [0.2, 0.25) is 0 Å². The molecule has 0 fully saturated rings. The fraction of sp³-hybridized carbons (Fsp3) is 0.389. The van der Waals surface area contributed by atoms with Gasteiger partial charge in [-0.2, -0.15) is 5.10 Å². The number of nitrogens with zero attached hydrogens (tertiary/aromatic N) is 3. The summed E-state index contributed by atoms with van der Waals surface area (Å²) in [5.41, 5.74) is 1.62. The van der Waals surface area contributed by atoms with E-state index in [0.29, 0.717) is 18.7 Å². The van der Waals surface area contributed by atoms with Crippen molar-refractivity contribution >= 4 is 11.9 Å². The van der Waals surface area contributed by atoms with Gasteiger partial charge in [0.1, 0.15) is 0 Å². The van der Waals surface area contributed by atoms with Crippen LogP contribution in [0.25, 0.3) is 0 Å². The fourth-order valence-corrected chi connectivity index (χ4v) is 2.26. The molecule has 1 heterocycles. The first kappa shape index (κ1) is 18.5. The molecule has 1 aromatic heterocycles. The summed E-state index contributed by atoms with van der Waals surface area (Å²) in [7, 11) is 1.74. The second-order valence-electron chi connectivity index (χ2n) is 5.39. The lowest BCUT2D eigenvalue weighted by atomic mass is 10.1. The van der Waals surface area contributed by atoms with Gasteiger partial charge >= 0.3 is 5.97 Å². The summed E-state index contributed by atoms with van der Waals surface area (Å²) in [6.07, 6.45) is 4.69. The van der Waals surface area contributed by atoms with Crippen molar-refractivity contribution in [3.8, 4) is 0 Å². The molecule has 1 aromatic carbocycles. The number of guanidine groups is 1. The predicted octanol–water partition coefficient (Wildman–Crippen LogP) is 1.82.